The number of nitrogens with two attached hydrogens (primary N) is 1. The molecule has 0 aliphatic heterocycles. The number of carbonyl (C=O) groups is 3. The minimum Gasteiger partial charge on any atom is -0.480 e. The molecular formula is C12H17N3O5. The summed E-state index contributed by atoms with van der Waals surface area (Å²) >= 11 is 0. The zero-order valence-electron chi connectivity index (χ0n) is 11.3. The van der Waals surface area contributed by atoms with Gasteiger partial charge in [0.05, 0.1) is 13.0 Å². The smallest absolute Gasteiger partial charge is 0.326 e. The minimum absolute atomic E-state index is 0.183. The maximum absolute atomic E-state index is 11.8. The summed E-state index contributed by atoms with van der Waals surface area (Å²) in [7, 11) is 1.48. The van der Waals surface area contributed by atoms with Crippen molar-refractivity contribution in [3.8, 4) is 0 Å². The number of aliphatic carboxylic acids is 1. The highest BCUT2D eigenvalue weighted by Gasteiger charge is 2.23. The number of aryl methyl sites for hydroxylation is 1. The van der Waals surface area contributed by atoms with E-state index in [1.54, 1.807) is 19.1 Å². The maximum Gasteiger partial charge on any atom is 0.326 e. The van der Waals surface area contributed by atoms with Gasteiger partial charge in [-0.05, 0) is 19.1 Å². The first-order valence-electron chi connectivity index (χ1n) is 5.87. The second kappa shape index (κ2) is 6.60. The molecule has 0 bridgehead atoms. The van der Waals surface area contributed by atoms with Crippen molar-refractivity contribution in [1.29, 1.82) is 0 Å². The van der Waals surface area contributed by atoms with Gasteiger partial charge < -0.3 is 25.5 Å². The molecule has 1 aromatic rings. The Kier molecular flexibility index (Phi) is 5.13. The highest BCUT2D eigenvalue weighted by atomic mass is 16.4. The van der Waals surface area contributed by atoms with Crippen LogP contribution in [0.15, 0.2) is 16.5 Å². The molecule has 8 nitrogen and oxygen atoms in total. The molecule has 4 N–H and O–H groups in total. The first kappa shape index (κ1) is 15.5. The molecule has 1 heterocycles. The SMILES string of the molecule is Cc1ccc(CN(C)C(=O)NC(CC(N)=O)C(=O)O)o1. The van der Waals surface area contributed by atoms with E-state index < -0.39 is 30.4 Å². The molecule has 0 aromatic carbocycles. The fourth-order valence-corrected chi connectivity index (χ4v) is 1.54. The zero-order valence-corrected chi connectivity index (χ0v) is 11.3. The van der Waals surface area contributed by atoms with Crippen LogP contribution in [0.1, 0.15) is 17.9 Å². The molecule has 0 radical (unpaired) electrons. The number of hydrogen-bond acceptors (Lipinski definition) is 4. The number of carbonyl (C=O) groups excluding carboxylic acids is 2. The second-order valence-corrected chi connectivity index (χ2v) is 4.38. The van der Waals surface area contributed by atoms with Crippen LogP contribution in [-0.2, 0) is 16.1 Å². The Hall–Kier alpha value is -2.51. The summed E-state index contributed by atoms with van der Waals surface area (Å²) in [6, 6.07) is 1.50. The molecule has 0 spiro atoms. The lowest BCUT2D eigenvalue weighted by Gasteiger charge is -2.20. The van der Waals surface area contributed by atoms with Gasteiger partial charge >= 0.3 is 12.0 Å². The number of carboxylic acids is 1. The van der Waals surface area contributed by atoms with Crippen LogP contribution in [0.3, 0.4) is 0 Å². The number of rotatable bonds is 6. The largest absolute Gasteiger partial charge is 0.480 e. The first-order chi connectivity index (χ1) is 9.29. The molecule has 20 heavy (non-hydrogen) atoms. The molecular weight excluding hydrogens is 266 g/mol. The third-order valence-electron chi connectivity index (χ3n) is 2.54. The normalized spacial score (nSPS) is 11.7. The van der Waals surface area contributed by atoms with Gasteiger partial charge in [0, 0.05) is 7.05 Å². The van der Waals surface area contributed by atoms with Crippen molar-refractivity contribution in [2.24, 2.45) is 5.73 Å². The number of furan rings is 1. The fourth-order valence-electron chi connectivity index (χ4n) is 1.54. The Balaban J connectivity index is 2.59. The third kappa shape index (κ3) is 4.63. The predicted molar refractivity (Wildman–Crippen MR) is 68.7 cm³/mol. The van der Waals surface area contributed by atoms with E-state index in [1.807, 2.05) is 0 Å². The number of nitrogens with zero attached hydrogens (tertiary/aromatic N) is 1. The molecule has 1 unspecified atom stereocenters. The Labute approximate surface area is 115 Å². The van der Waals surface area contributed by atoms with Gasteiger partial charge in [-0.2, -0.15) is 0 Å². The van der Waals surface area contributed by atoms with E-state index in [0.717, 1.165) is 0 Å². The maximum atomic E-state index is 11.8. The van der Waals surface area contributed by atoms with Crippen molar-refractivity contribution in [3.63, 3.8) is 0 Å². The predicted octanol–water partition coefficient (Wildman–Crippen LogP) is 0.0580. The number of amides is 3. The van der Waals surface area contributed by atoms with Crippen LogP contribution in [0, 0.1) is 6.92 Å². The topological polar surface area (TPSA) is 126 Å². The van der Waals surface area contributed by atoms with Crippen molar-refractivity contribution in [1.82, 2.24) is 10.2 Å². The van der Waals surface area contributed by atoms with Gasteiger partial charge in [0.2, 0.25) is 5.91 Å². The minimum atomic E-state index is -1.35. The standard InChI is InChI=1S/C12H17N3O5/c1-7-3-4-8(20-7)6-15(2)12(19)14-9(11(17)18)5-10(13)16/h3-4,9H,5-6H2,1-2H3,(H2,13,16)(H,14,19)(H,17,18). The van der Waals surface area contributed by atoms with Gasteiger partial charge in [-0.15, -0.1) is 0 Å². The highest BCUT2D eigenvalue weighted by molar-refractivity contribution is 5.87. The monoisotopic (exact) mass is 283 g/mol. The van der Waals surface area contributed by atoms with Crippen LogP contribution in [0.4, 0.5) is 4.79 Å². The summed E-state index contributed by atoms with van der Waals surface area (Å²) in [6.07, 6.45) is -0.464. The summed E-state index contributed by atoms with van der Waals surface area (Å²) < 4.78 is 5.31. The molecule has 1 rings (SSSR count). The molecule has 0 aliphatic rings. The lowest BCUT2D eigenvalue weighted by Crippen LogP contribution is -2.47. The highest BCUT2D eigenvalue weighted by Crippen LogP contribution is 2.08. The summed E-state index contributed by atoms with van der Waals surface area (Å²) in [5, 5.41) is 11.1. The number of carboxylic acid groups (broad SMARTS) is 1. The molecule has 8 heteroatoms. The Morgan fingerprint density at radius 3 is 2.55 bits per heavy atom. The Morgan fingerprint density at radius 1 is 1.45 bits per heavy atom. The van der Waals surface area contributed by atoms with E-state index in [4.69, 9.17) is 15.3 Å². The van der Waals surface area contributed by atoms with Crippen LogP contribution >= 0.6 is 0 Å². The summed E-state index contributed by atoms with van der Waals surface area (Å²) in [5.74, 6) is -0.839. The van der Waals surface area contributed by atoms with E-state index in [0.29, 0.717) is 11.5 Å². The fraction of sp³-hybridized carbons (Fsp3) is 0.417. The van der Waals surface area contributed by atoms with Crippen LogP contribution < -0.4 is 11.1 Å². The van der Waals surface area contributed by atoms with Gasteiger partial charge in [-0.1, -0.05) is 0 Å². The Morgan fingerprint density at radius 2 is 2.10 bits per heavy atom. The van der Waals surface area contributed by atoms with E-state index in [2.05, 4.69) is 5.32 Å². The van der Waals surface area contributed by atoms with Crippen molar-refractivity contribution in [2.45, 2.75) is 25.9 Å². The molecule has 0 saturated carbocycles. The Bertz CT molecular complexity index is 511. The van der Waals surface area contributed by atoms with Crippen molar-refractivity contribution < 1.29 is 23.9 Å². The zero-order chi connectivity index (χ0) is 15.3. The quantitative estimate of drug-likeness (QED) is 0.680. The van der Waals surface area contributed by atoms with Gasteiger partial charge in [-0.3, -0.25) is 4.79 Å². The lowest BCUT2D eigenvalue weighted by atomic mass is 10.2. The second-order valence-electron chi connectivity index (χ2n) is 4.38. The third-order valence-corrected chi connectivity index (χ3v) is 2.54. The molecule has 0 aliphatic carbocycles. The first-order valence-corrected chi connectivity index (χ1v) is 5.87. The molecule has 0 saturated heterocycles. The van der Waals surface area contributed by atoms with E-state index >= 15 is 0 Å². The van der Waals surface area contributed by atoms with Crippen LogP contribution in [0.2, 0.25) is 0 Å². The molecule has 1 atom stereocenters. The number of primary amides is 1. The number of urea groups is 1. The van der Waals surface area contributed by atoms with Crippen LogP contribution in [0.25, 0.3) is 0 Å². The van der Waals surface area contributed by atoms with Crippen molar-refractivity contribution in [3.05, 3.63) is 23.7 Å². The van der Waals surface area contributed by atoms with Gasteiger partial charge in [0.15, 0.2) is 0 Å². The van der Waals surface area contributed by atoms with Gasteiger partial charge in [0.1, 0.15) is 17.6 Å². The van der Waals surface area contributed by atoms with E-state index in [9.17, 15) is 14.4 Å². The average molecular weight is 283 g/mol. The summed E-state index contributed by atoms with van der Waals surface area (Å²) in [5.41, 5.74) is 4.93. The van der Waals surface area contributed by atoms with Gasteiger partial charge in [-0.25, -0.2) is 9.59 Å². The summed E-state index contributed by atoms with van der Waals surface area (Å²) in [6.45, 7) is 1.96. The van der Waals surface area contributed by atoms with E-state index in [1.165, 1.54) is 11.9 Å². The van der Waals surface area contributed by atoms with Crippen molar-refractivity contribution in [2.75, 3.05) is 7.05 Å². The summed E-state index contributed by atoms with van der Waals surface area (Å²) in [4.78, 5) is 34.7. The van der Waals surface area contributed by atoms with Crippen molar-refractivity contribution >= 4 is 17.9 Å². The molecule has 3 amide bonds. The lowest BCUT2D eigenvalue weighted by molar-refractivity contribution is -0.140. The van der Waals surface area contributed by atoms with Gasteiger partial charge in [0.25, 0.3) is 0 Å². The average Bonchev–Trinajstić information content (AvgIpc) is 2.72. The molecule has 1 aromatic heterocycles. The molecule has 110 valence electrons. The number of hydrogen-bond donors (Lipinski definition) is 3. The molecule has 0 fully saturated rings. The van der Waals surface area contributed by atoms with Crippen LogP contribution in [0.5, 0.6) is 0 Å². The van der Waals surface area contributed by atoms with E-state index in [-0.39, 0.29) is 6.54 Å². The number of nitrogens with one attached hydrogen (secondary N) is 1. The van der Waals surface area contributed by atoms with Crippen LogP contribution in [-0.4, -0.2) is 41.0 Å².